The Bertz CT molecular complexity index is 922. The van der Waals surface area contributed by atoms with Crippen LogP contribution < -0.4 is 5.32 Å². The van der Waals surface area contributed by atoms with Gasteiger partial charge in [0, 0.05) is 29.6 Å². The molecule has 5 fully saturated rings. The fourth-order valence-electron chi connectivity index (χ4n) is 6.80. The number of nitrogens with one attached hydrogen (secondary N) is 1. The zero-order valence-electron chi connectivity index (χ0n) is 16.9. The smallest absolute Gasteiger partial charge is 0.244 e. The van der Waals surface area contributed by atoms with Gasteiger partial charge in [0.25, 0.3) is 0 Å². The summed E-state index contributed by atoms with van der Waals surface area (Å²) in [6, 6.07) is 4.47. The van der Waals surface area contributed by atoms with Crippen molar-refractivity contribution in [2.75, 3.05) is 13.1 Å². The van der Waals surface area contributed by atoms with E-state index in [0.29, 0.717) is 31.0 Å². The van der Waals surface area contributed by atoms with Crippen molar-refractivity contribution in [3.8, 4) is 0 Å². The minimum absolute atomic E-state index is 0.00333. The van der Waals surface area contributed by atoms with E-state index in [1.807, 2.05) is 0 Å². The molecule has 5 nitrogen and oxygen atoms in total. The molecule has 1 amide bonds. The van der Waals surface area contributed by atoms with E-state index in [1.165, 1.54) is 35.7 Å². The average Bonchev–Trinajstić information content (AvgIpc) is 2.68. The highest BCUT2D eigenvalue weighted by Gasteiger charge is 2.52. The summed E-state index contributed by atoms with van der Waals surface area (Å²) in [5.41, 5.74) is 0.00333. The molecule has 30 heavy (non-hydrogen) atoms. The summed E-state index contributed by atoms with van der Waals surface area (Å²) in [5.74, 6) is 2.34. The summed E-state index contributed by atoms with van der Waals surface area (Å²) in [7, 11) is -3.72. The summed E-state index contributed by atoms with van der Waals surface area (Å²) >= 11 is 12.1. The largest absolute Gasteiger partial charge is 0.350 e. The van der Waals surface area contributed by atoms with Gasteiger partial charge in [0.15, 0.2) is 0 Å². The van der Waals surface area contributed by atoms with Crippen molar-refractivity contribution in [1.29, 1.82) is 0 Å². The molecular weight excluding hydrogens is 443 g/mol. The van der Waals surface area contributed by atoms with E-state index < -0.39 is 10.0 Å². The minimum atomic E-state index is -3.72. The van der Waals surface area contributed by atoms with Crippen molar-refractivity contribution in [1.82, 2.24) is 9.62 Å². The Labute approximate surface area is 188 Å². The highest BCUT2D eigenvalue weighted by molar-refractivity contribution is 7.89. The van der Waals surface area contributed by atoms with Gasteiger partial charge in [0.2, 0.25) is 15.9 Å². The number of amides is 1. The van der Waals surface area contributed by atoms with Crippen LogP contribution in [0.4, 0.5) is 0 Å². The number of hydrogen-bond acceptors (Lipinski definition) is 3. The second kappa shape index (κ2) is 7.65. The average molecular weight is 471 g/mol. The van der Waals surface area contributed by atoms with E-state index in [0.717, 1.165) is 37.0 Å². The number of sulfonamides is 1. The van der Waals surface area contributed by atoms with Crippen LogP contribution in [-0.2, 0) is 14.8 Å². The standard InChI is InChI=1S/C22H28Cl2N2O3S/c23-18-1-2-19(24)20(10-18)30(28,29)26-5-3-17(4-6-26)21(27)25-22-11-14-7-15(12-22)9-16(8-14)13-22/h1-2,10,14-17H,3-9,11-13H2,(H,25,27). The van der Waals surface area contributed by atoms with Gasteiger partial charge in [-0.1, -0.05) is 23.2 Å². The van der Waals surface area contributed by atoms with Crippen LogP contribution in [0.25, 0.3) is 0 Å². The Morgan fingerprint density at radius 2 is 1.57 bits per heavy atom. The van der Waals surface area contributed by atoms with Gasteiger partial charge in [-0.25, -0.2) is 8.42 Å². The third kappa shape index (κ3) is 3.78. The van der Waals surface area contributed by atoms with E-state index in [4.69, 9.17) is 23.2 Å². The van der Waals surface area contributed by atoms with E-state index in [1.54, 1.807) is 6.07 Å². The third-order valence-corrected chi connectivity index (χ3v) is 10.4. The second-order valence-electron chi connectivity index (χ2n) is 9.94. The Morgan fingerprint density at radius 1 is 1.00 bits per heavy atom. The predicted molar refractivity (Wildman–Crippen MR) is 117 cm³/mol. The Kier molecular flexibility index (Phi) is 5.36. The number of carbonyl (C=O) groups excluding carboxylic acids is 1. The highest BCUT2D eigenvalue weighted by atomic mass is 35.5. The molecule has 1 N–H and O–H groups in total. The Morgan fingerprint density at radius 3 is 2.13 bits per heavy atom. The van der Waals surface area contributed by atoms with Crippen LogP contribution in [0.2, 0.25) is 10.0 Å². The molecule has 0 spiro atoms. The maximum atomic E-state index is 13.1. The first-order valence-electron chi connectivity index (χ1n) is 11.0. The zero-order chi connectivity index (χ0) is 21.1. The second-order valence-corrected chi connectivity index (χ2v) is 12.7. The van der Waals surface area contributed by atoms with Crippen molar-refractivity contribution in [2.24, 2.45) is 23.7 Å². The molecule has 1 heterocycles. The molecule has 4 aliphatic carbocycles. The quantitative estimate of drug-likeness (QED) is 0.704. The van der Waals surface area contributed by atoms with E-state index in [9.17, 15) is 13.2 Å². The number of benzene rings is 1. The molecule has 0 atom stereocenters. The van der Waals surface area contributed by atoms with E-state index in [2.05, 4.69) is 5.32 Å². The lowest BCUT2D eigenvalue weighted by Gasteiger charge is -2.57. The van der Waals surface area contributed by atoms with Crippen molar-refractivity contribution < 1.29 is 13.2 Å². The predicted octanol–water partition coefficient (Wildman–Crippen LogP) is 4.48. The van der Waals surface area contributed by atoms with Gasteiger partial charge >= 0.3 is 0 Å². The first-order valence-corrected chi connectivity index (χ1v) is 13.2. The molecular formula is C22H28Cl2N2O3S. The maximum absolute atomic E-state index is 13.1. The van der Waals surface area contributed by atoms with Gasteiger partial charge in [-0.15, -0.1) is 0 Å². The SMILES string of the molecule is O=C(NC12CC3CC(CC(C3)C1)C2)C1CCN(S(=O)(=O)c2cc(Cl)ccc2Cl)CC1. The van der Waals surface area contributed by atoms with Gasteiger partial charge in [0.1, 0.15) is 4.90 Å². The fraction of sp³-hybridized carbons (Fsp3) is 0.682. The van der Waals surface area contributed by atoms with Crippen LogP contribution in [0, 0.1) is 23.7 Å². The number of hydrogen-bond donors (Lipinski definition) is 1. The van der Waals surface area contributed by atoms with Crippen LogP contribution in [0.5, 0.6) is 0 Å². The first kappa shape index (κ1) is 21.0. The lowest BCUT2D eigenvalue weighted by atomic mass is 9.53. The van der Waals surface area contributed by atoms with Crippen molar-refractivity contribution in [2.45, 2.75) is 61.8 Å². The van der Waals surface area contributed by atoms with Crippen molar-refractivity contribution >= 4 is 39.1 Å². The molecule has 1 aromatic rings. The van der Waals surface area contributed by atoms with Crippen LogP contribution >= 0.6 is 23.2 Å². The lowest BCUT2D eigenvalue weighted by Crippen LogP contribution is -2.61. The third-order valence-electron chi connectivity index (χ3n) is 7.76. The van der Waals surface area contributed by atoms with E-state index >= 15 is 0 Å². The van der Waals surface area contributed by atoms with Crippen molar-refractivity contribution in [3.63, 3.8) is 0 Å². The molecule has 164 valence electrons. The molecule has 1 aromatic carbocycles. The minimum Gasteiger partial charge on any atom is -0.350 e. The number of rotatable bonds is 4. The molecule has 6 rings (SSSR count). The van der Waals surface area contributed by atoms with Crippen molar-refractivity contribution in [3.05, 3.63) is 28.2 Å². The molecule has 1 aliphatic heterocycles. The lowest BCUT2D eigenvalue weighted by molar-refractivity contribution is -0.132. The van der Waals surface area contributed by atoms with Gasteiger partial charge < -0.3 is 5.32 Å². The summed E-state index contributed by atoms with van der Waals surface area (Å²) in [5, 5.41) is 3.95. The highest BCUT2D eigenvalue weighted by Crippen LogP contribution is 2.55. The number of nitrogens with zero attached hydrogens (tertiary/aromatic N) is 1. The molecule has 5 aliphatic rings. The summed E-state index contributed by atoms with van der Waals surface area (Å²) in [6.45, 7) is 0.647. The van der Waals surface area contributed by atoms with Gasteiger partial charge in [-0.3, -0.25) is 4.79 Å². The molecule has 0 unspecified atom stereocenters. The van der Waals surface area contributed by atoms with E-state index in [-0.39, 0.29) is 27.3 Å². The topological polar surface area (TPSA) is 66.5 Å². The number of carbonyl (C=O) groups is 1. The summed E-state index contributed by atoms with van der Waals surface area (Å²) < 4.78 is 27.5. The summed E-state index contributed by atoms with van der Waals surface area (Å²) in [4.78, 5) is 13.1. The van der Waals surface area contributed by atoms with Crippen LogP contribution in [0.1, 0.15) is 51.4 Å². The zero-order valence-corrected chi connectivity index (χ0v) is 19.3. The molecule has 8 heteroatoms. The normalized spacial score (nSPS) is 34.3. The molecule has 1 saturated heterocycles. The van der Waals surface area contributed by atoms with Gasteiger partial charge in [-0.2, -0.15) is 4.31 Å². The number of piperidine rings is 1. The molecule has 4 saturated carbocycles. The maximum Gasteiger partial charge on any atom is 0.244 e. The number of halogens is 2. The first-order chi connectivity index (χ1) is 14.2. The summed E-state index contributed by atoms with van der Waals surface area (Å²) in [6.07, 6.45) is 8.50. The Balaban J connectivity index is 1.23. The van der Waals surface area contributed by atoms with Crippen LogP contribution in [0.3, 0.4) is 0 Å². The Hall–Kier alpha value is -0.820. The fourth-order valence-corrected chi connectivity index (χ4v) is 9.01. The monoisotopic (exact) mass is 470 g/mol. The van der Waals surface area contributed by atoms with Gasteiger partial charge in [0.05, 0.1) is 5.02 Å². The van der Waals surface area contributed by atoms with Crippen LogP contribution in [0.15, 0.2) is 23.1 Å². The van der Waals surface area contributed by atoms with Crippen LogP contribution in [-0.4, -0.2) is 37.3 Å². The molecule has 4 bridgehead atoms. The molecule has 0 radical (unpaired) electrons. The van der Waals surface area contributed by atoms with Gasteiger partial charge in [-0.05, 0) is 87.3 Å². The molecule has 0 aromatic heterocycles.